The normalized spacial score (nSPS) is 9.77. The molecule has 0 aliphatic rings. The first-order valence-corrected chi connectivity index (χ1v) is 3.43. The number of nitrogen functional groups attached to an aromatic ring is 1. The predicted molar refractivity (Wildman–Crippen MR) is 43.9 cm³/mol. The van der Waals surface area contributed by atoms with Crippen molar-refractivity contribution in [3.05, 3.63) is 29.3 Å². The lowest BCUT2D eigenvalue weighted by atomic mass is 10.2. The molecule has 0 fully saturated rings. The molecule has 0 radical (unpaired) electrons. The molecule has 3 nitrogen and oxygen atoms in total. The van der Waals surface area contributed by atoms with Gasteiger partial charge in [-0.2, -0.15) is 0 Å². The zero-order chi connectivity index (χ0) is 10.0. The van der Waals surface area contributed by atoms with E-state index < -0.39 is 17.5 Å². The summed E-state index contributed by atoms with van der Waals surface area (Å²) in [5.41, 5.74) is 4.75. The first-order valence-electron chi connectivity index (χ1n) is 3.43. The Kier molecular flexibility index (Phi) is 2.46. The molecule has 0 aromatic heterocycles. The van der Waals surface area contributed by atoms with Gasteiger partial charge in [0.15, 0.2) is 11.6 Å². The fraction of sp³-hybridized carbons (Fsp3) is 0.125. The van der Waals surface area contributed by atoms with Crippen LogP contribution in [0.5, 0.6) is 5.75 Å². The monoisotopic (exact) mass is 186 g/mol. The van der Waals surface area contributed by atoms with Crippen LogP contribution in [0.25, 0.3) is 0 Å². The number of hydrogen-bond acceptors (Lipinski definition) is 2. The number of hydrogen-bond donors (Lipinski definition) is 2. The third-order valence-electron chi connectivity index (χ3n) is 1.53. The van der Waals surface area contributed by atoms with Gasteiger partial charge < -0.3 is 10.5 Å². The maximum Gasteiger partial charge on any atom is 0.165 e. The molecule has 0 saturated heterocycles. The summed E-state index contributed by atoms with van der Waals surface area (Å²) >= 11 is 0. The third-order valence-corrected chi connectivity index (χ3v) is 1.53. The summed E-state index contributed by atoms with van der Waals surface area (Å²) in [4.78, 5) is 0. The summed E-state index contributed by atoms with van der Waals surface area (Å²) in [5.74, 6) is -2.23. The maximum absolute atomic E-state index is 13.0. The Hall–Kier alpha value is -1.65. The Balaban J connectivity index is 3.28. The van der Waals surface area contributed by atoms with E-state index in [4.69, 9.17) is 11.1 Å². The minimum Gasteiger partial charge on any atom is -0.494 e. The fourth-order valence-corrected chi connectivity index (χ4v) is 0.891. The van der Waals surface area contributed by atoms with Crippen molar-refractivity contribution in [2.24, 2.45) is 5.73 Å². The highest BCUT2D eigenvalue weighted by Crippen LogP contribution is 2.20. The lowest BCUT2D eigenvalue weighted by Gasteiger charge is -2.05. The van der Waals surface area contributed by atoms with Crippen molar-refractivity contribution in [3.63, 3.8) is 0 Å². The summed E-state index contributed by atoms with van der Waals surface area (Å²) in [6.45, 7) is 0. The lowest BCUT2D eigenvalue weighted by molar-refractivity contribution is 0.382. The predicted octanol–water partition coefficient (Wildman–Crippen LogP) is 1.26. The van der Waals surface area contributed by atoms with Crippen LogP contribution < -0.4 is 10.5 Å². The van der Waals surface area contributed by atoms with Crippen LogP contribution in [0.1, 0.15) is 5.56 Å². The summed E-state index contributed by atoms with van der Waals surface area (Å²) < 4.78 is 30.5. The van der Waals surface area contributed by atoms with Gasteiger partial charge in [0.05, 0.1) is 12.7 Å². The number of halogens is 2. The number of nitrogens with two attached hydrogens (primary N) is 1. The van der Waals surface area contributed by atoms with Crippen LogP contribution >= 0.6 is 0 Å². The second-order valence-electron chi connectivity index (χ2n) is 2.38. The number of amidine groups is 1. The molecular formula is C8H8F2N2O. The first kappa shape index (κ1) is 9.44. The Labute approximate surface area is 73.6 Å². The first-order chi connectivity index (χ1) is 6.06. The Morgan fingerprint density at radius 3 is 2.46 bits per heavy atom. The molecule has 1 aromatic rings. The zero-order valence-electron chi connectivity index (χ0n) is 6.90. The molecule has 0 heterocycles. The molecular weight excluding hydrogens is 178 g/mol. The molecule has 5 heteroatoms. The number of benzene rings is 1. The highest BCUT2D eigenvalue weighted by Gasteiger charge is 2.11. The Bertz CT molecular complexity index is 352. The van der Waals surface area contributed by atoms with E-state index in [9.17, 15) is 8.78 Å². The minimum atomic E-state index is -0.772. The molecule has 1 aromatic carbocycles. The molecule has 0 saturated carbocycles. The number of ether oxygens (including phenoxy) is 1. The van der Waals surface area contributed by atoms with Crippen molar-refractivity contribution in [2.75, 3.05) is 7.11 Å². The highest BCUT2D eigenvalue weighted by atomic mass is 19.1. The molecule has 0 atom stereocenters. The van der Waals surface area contributed by atoms with Crippen LogP contribution in [-0.4, -0.2) is 12.9 Å². The molecule has 70 valence electrons. The average molecular weight is 186 g/mol. The van der Waals surface area contributed by atoms with Gasteiger partial charge in [0, 0.05) is 6.07 Å². The number of methoxy groups -OCH3 is 1. The van der Waals surface area contributed by atoms with Crippen molar-refractivity contribution in [2.45, 2.75) is 0 Å². The van der Waals surface area contributed by atoms with Crippen molar-refractivity contribution in [1.29, 1.82) is 5.41 Å². The van der Waals surface area contributed by atoms with E-state index in [1.165, 1.54) is 7.11 Å². The Morgan fingerprint density at radius 1 is 1.38 bits per heavy atom. The van der Waals surface area contributed by atoms with E-state index in [1.807, 2.05) is 0 Å². The Morgan fingerprint density at radius 2 is 2.00 bits per heavy atom. The van der Waals surface area contributed by atoms with Gasteiger partial charge in [0.25, 0.3) is 0 Å². The van der Waals surface area contributed by atoms with E-state index in [1.54, 1.807) is 0 Å². The second-order valence-corrected chi connectivity index (χ2v) is 2.38. The quantitative estimate of drug-likeness (QED) is 0.539. The zero-order valence-corrected chi connectivity index (χ0v) is 6.90. The van der Waals surface area contributed by atoms with Crippen LogP contribution in [-0.2, 0) is 0 Å². The van der Waals surface area contributed by atoms with Crippen molar-refractivity contribution < 1.29 is 13.5 Å². The van der Waals surface area contributed by atoms with Gasteiger partial charge in [0.1, 0.15) is 11.7 Å². The largest absolute Gasteiger partial charge is 0.494 e. The van der Waals surface area contributed by atoms with Crippen LogP contribution in [0.4, 0.5) is 8.78 Å². The van der Waals surface area contributed by atoms with E-state index in [0.29, 0.717) is 0 Å². The number of nitrogens with one attached hydrogen (secondary N) is 1. The van der Waals surface area contributed by atoms with E-state index in [0.717, 1.165) is 12.1 Å². The molecule has 1 rings (SSSR count). The molecule has 0 unspecified atom stereocenters. The van der Waals surface area contributed by atoms with Crippen LogP contribution in [0.2, 0.25) is 0 Å². The van der Waals surface area contributed by atoms with E-state index in [2.05, 4.69) is 4.74 Å². The molecule has 3 N–H and O–H groups in total. The second kappa shape index (κ2) is 3.38. The van der Waals surface area contributed by atoms with Crippen molar-refractivity contribution in [1.82, 2.24) is 0 Å². The fourth-order valence-electron chi connectivity index (χ4n) is 0.891. The van der Waals surface area contributed by atoms with E-state index in [-0.39, 0.29) is 11.3 Å². The van der Waals surface area contributed by atoms with Gasteiger partial charge in [-0.1, -0.05) is 0 Å². The molecule has 13 heavy (non-hydrogen) atoms. The number of rotatable bonds is 2. The summed E-state index contributed by atoms with van der Waals surface area (Å²) in [5, 5.41) is 6.93. The summed E-state index contributed by atoms with van der Waals surface area (Å²) in [6.07, 6.45) is 0. The van der Waals surface area contributed by atoms with Gasteiger partial charge in [0.2, 0.25) is 0 Å². The van der Waals surface area contributed by atoms with Gasteiger partial charge in [-0.15, -0.1) is 0 Å². The van der Waals surface area contributed by atoms with Gasteiger partial charge in [-0.25, -0.2) is 8.78 Å². The molecule has 0 aliphatic carbocycles. The summed E-state index contributed by atoms with van der Waals surface area (Å²) in [6, 6.07) is 1.68. The summed E-state index contributed by atoms with van der Waals surface area (Å²) in [7, 11) is 1.23. The topological polar surface area (TPSA) is 59.1 Å². The molecule has 0 spiro atoms. The van der Waals surface area contributed by atoms with Crippen molar-refractivity contribution in [3.8, 4) is 5.75 Å². The lowest BCUT2D eigenvalue weighted by Crippen LogP contribution is -2.13. The molecule has 0 bridgehead atoms. The third kappa shape index (κ3) is 1.74. The van der Waals surface area contributed by atoms with Crippen LogP contribution in [0.3, 0.4) is 0 Å². The van der Waals surface area contributed by atoms with Gasteiger partial charge in [-0.3, -0.25) is 5.41 Å². The maximum atomic E-state index is 13.0. The van der Waals surface area contributed by atoms with Crippen LogP contribution in [0, 0.1) is 17.0 Å². The highest BCUT2D eigenvalue weighted by molar-refractivity contribution is 5.95. The van der Waals surface area contributed by atoms with Crippen molar-refractivity contribution >= 4 is 5.84 Å². The minimum absolute atomic E-state index is 0.206. The standard InChI is InChI=1S/C8H8F2N2O/c1-13-7-3-5(9)4(8(11)12)2-6(7)10/h2-3H,1H3,(H3,11,12). The van der Waals surface area contributed by atoms with E-state index >= 15 is 0 Å². The van der Waals surface area contributed by atoms with Gasteiger partial charge in [-0.05, 0) is 6.07 Å². The molecule has 0 amide bonds. The SMILES string of the molecule is COc1cc(F)c(C(=N)N)cc1F. The van der Waals surface area contributed by atoms with Gasteiger partial charge >= 0.3 is 0 Å². The van der Waals surface area contributed by atoms with Crippen LogP contribution in [0.15, 0.2) is 12.1 Å². The average Bonchev–Trinajstić information content (AvgIpc) is 2.07. The smallest absolute Gasteiger partial charge is 0.165 e. The molecule has 0 aliphatic heterocycles.